The molecule has 0 aliphatic heterocycles. The molecule has 0 bridgehead atoms. The van der Waals surface area contributed by atoms with E-state index in [9.17, 15) is 0 Å². The molecule has 1 aromatic rings. The standard InChI is InChI=1S/C11H13NO/c1-8-3-4-10(9(2)7-13)5-11(8)6-12/h3-5,9,13H,7H2,1-2H3. The molecule has 1 aromatic carbocycles. The minimum absolute atomic E-state index is 0.104. The number of rotatable bonds is 2. The topological polar surface area (TPSA) is 44.0 Å². The van der Waals surface area contributed by atoms with Gasteiger partial charge in [-0.2, -0.15) is 5.26 Å². The summed E-state index contributed by atoms with van der Waals surface area (Å²) < 4.78 is 0. The van der Waals surface area contributed by atoms with Crippen LogP contribution < -0.4 is 0 Å². The smallest absolute Gasteiger partial charge is 0.0994 e. The van der Waals surface area contributed by atoms with Crippen LogP contribution in [-0.2, 0) is 0 Å². The van der Waals surface area contributed by atoms with Gasteiger partial charge in [0.1, 0.15) is 0 Å². The van der Waals surface area contributed by atoms with E-state index in [1.807, 2.05) is 32.0 Å². The summed E-state index contributed by atoms with van der Waals surface area (Å²) in [5.41, 5.74) is 2.69. The number of nitriles is 1. The van der Waals surface area contributed by atoms with Gasteiger partial charge in [0, 0.05) is 12.5 Å². The van der Waals surface area contributed by atoms with E-state index in [2.05, 4.69) is 6.07 Å². The summed E-state index contributed by atoms with van der Waals surface area (Å²) in [4.78, 5) is 0. The van der Waals surface area contributed by atoms with E-state index in [4.69, 9.17) is 10.4 Å². The second kappa shape index (κ2) is 4.06. The molecule has 0 fully saturated rings. The molecule has 1 N–H and O–H groups in total. The summed E-state index contributed by atoms with van der Waals surface area (Å²) in [6.07, 6.45) is 0. The average molecular weight is 175 g/mol. The van der Waals surface area contributed by atoms with Gasteiger partial charge in [0.15, 0.2) is 0 Å². The van der Waals surface area contributed by atoms with Crippen LogP contribution in [0.4, 0.5) is 0 Å². The van der Waals surface area contributed by atoms with Crippen LogP contribution >= 0.6 is 0 Å². The maximum atomic E-state index is 8.94. The molecule has 0 aliphatic rings. The van der Waals surface area contributed by atoms with Gasteiger partial charge in [0.25, 0.3) is 0 Å². The van der Waals surface area contributed by atoms with Gasteiger partial charge in [-0.3, -0.25) is 0 Å². The van der Waals surface area contributed by atoms with E-state index < -0.39 is 0 Å². The third kappa shape index (κ3) is 2.07. The normalized spacial score (nSPS) is 12.2. The van der Waals surface area contributed by atoms with Gasteiger partial charge in [0.05, 0.1) is 11.6 Å². The molecule has 0 radical (unpaired) electrons. The van der Waals surface area contributed by atoms with Gasteiger partial charge >= 0.3 is 0 Å². The Labute approximate surface area is 78.4 Å². The van der Waals surface area contributed by atoms with Crippen molar-refractivity contribution in [2.45, 2.75) is 19.8 Å². The van der Waals surface area contributed by atoms with E-state index in [-0.39, 0.29) is 12.5 Å². The Morgan fingerprint density at radius 1 is 1.54 bits per heavy atom. The fourth-order valence-corrected chi connectivity index (χ4v) is 1.17. The number of aliphatic hydroxyl groups is 1. The molecule has 1 atom stereocenters. The molecule has 0 aliphatic carbocycles. The molecular formula is C11H13NO. The van der Waals surface area contributed by atoms with Gasteiger partial charge in [-0.25, -0.2) is 0 Å². The highest BCUT2D eigenvalue weighted by Crippen LogP contribution is 2.17. The van der Waals surface area contributed by atoms with Crippen molar-refractivity contribution in [2.75, 3.05) is 6.61 Å². The maximum absolute atomic E-state index is 8.94. The van der Waals surface area contributed by atoms with Crippen molar-refractivity contribution in [3.05, 3.63) is 34.9 Å². The van der Waals surface area contributed by atoms with Crippen molar-refractivity contribution < 1.29 is 5.11 Å². The highest BCUT2D eigenvalue weighted by molar-refractivity contribution is 5.40. The lowest BCUT2D eigenvalue weighted by Crippen LogP contribution is -1.99. The van der Waals surface area contributed by atoms with Crippen LogP contribution in [0.3, 0.4) is 0 Å². The largest absolute Gasteiger partial charge is 0.396 e. The van der Waals surface area contributed by atoms with Crippen LogP contribution in [0.25, 0.3) is 0 Å². The Bertz CT molecular complexity index is 338. The van der Waals surface area contributed by atoms with Gasteiger partial charge < -0.3 is 5.11 Å². The monoisotopic (exact) mass is 175 g/mol. The molecule has 0 heterocycles. The Balaban J connectivity index is 3.08. The fraction of sp³-hybridized carbons (Fsp3) is 0.364. The Hall–Kier alpha value is -1.33. The van der Waals surface area contributed by atoms with Crippen LogP contribution in [-0.4, -0.2) is 11.7 Å². The minimum atomic E-state index is 0.104. The summed E-state index contributed by atoms with van der Waals surface area (Å²) in [6.45, 7) is 3.96. The van der Waals surface area contributed by atoms with Crippen molar-refractivity contribution in [1.29, 1.82) is 5.26 Å². The van der Waals surface area contributed by atoms with E-state index in [1.54, 1.807) is 0 Å². The third-order valence-corrected chi connectivity index (χ3v) is 2.22. The van der Waals surface area contributed by atoms with Crippen molar-refractivity contribution in [1.82, 2.24) is 0 Å². The molecule has 2 heteroatoms. The zero-order valence-electron chi connectivity index (χ0n) is 7.91. The summed E-state index contributed by atoms with van der Waals surface area (Å²) in [5.74, 6) is 0.104. The van der Waals surface area contributed by atoms with Crippen molar-refractivity contribution in [3.63, 3.8) is 0 Å². The summed E-state index contributed by atoms with van der Waals surface area (Å²) in [6, 6.07) is 7.85. The van der Waals surface area contributed by atoms with E-state index >= 15 is 0 Å². The number of nitrogens with zero attached hydrogens (tertiary/aromatic N) is 1. The second-order valence-electron chi connectivity index (χ2n) is 3.27. The first-order valence-electron chi connectivity index (χ1n) is 4.30. The fourth-order valence-electron chi connectivity index (χ4n) is 1.17. The molecule has 2 nitrogen and oxygen atoms in total. The van der Waals surface area contributed by atoms with Crippen LogP contribution in [0.1, 0.15) is 29.5 Å². The van der Waals surface area contributed by atoms with Crippen molar-refractivity contribution in [3.8, 4) is 6.07 Å². The minimum Gasteiger partial charge on any atom is -0.396 e. The average Bonchev–Trinajstić information content (AvgIpc) is 2.17. The summed E-state index contributed by atoms with van der Waals surface area (Å²) >= 11 is 0. The molecular weight excluding hydrogens is 162 g/mol. The number of hydrogen-bond donors (Lipinski definition) is 1. The molecule has 0 saturated heterocycles. The first-order valence-corrected chi connectivity index (χ1v) is 4.30. The lowest BCUT2D eigenvalue weighted by atomic mass is 9.98. The van der Waals surface area contributed by atoms with Gasteiger partial charge in [-0.05, 0) is 24.1 Å². The predicted molar refractivity (Wildman–Crippen MR) is 51.4 cm³/mol. The lowest BCUT2D eigenvalue weighted by Gasteiger charge is -2.09. The molecule has 0 amide bonds. The third-order valence-electron chi connectivity index (χ3n) is 2.22. The first-order chi connectivity index (χ1) is 6.19. The number of benzene rings is 1. The Kier molecular flexibility index (Phi) is 3.05. The van der Waals surface area contributed by atoms with Gasteiger partial charge in [-0.1, -0.05) is 19.1 Å². The maximum Gasteiger partial charge on any atom is 0.0994 e. The number of aliphatic hydroxyl groups excluding tert-OH is 1. The van der Waals surface area contributed by atoms with Crippen LogP contribution in [0.5, 0.6) is 0 Å². The van der Waals surface area contributed by atoms with Crippen LogP contribution in [0.15, 0.2) is 18.2 Å². The number of aryl methyl sites for hydroxylation is 1. The second-order valence-corrected chi connectivity index (χ2v) is 3.27. The molecule has 68 valence electrons. The van der Waals surface area contributed by atoms with E-state index in [0.717, 1.165) is 11.1 Å². The van der Waals surface area contributed by atoms with Crippen molar-refractivity contribution >= 4 is 0 Å². The zero-order valence-corrected chi connectivity index (χ0v) is 7.91. The van der Waals surface area contributed by atoms with E-state index in [0.29, 0.717) is 5.56 Å². The van der Waals surface area contributed by atoms with Gasteiger partial charge in [0.2, 0.25) is 0 Å². The molecule has 0 aromatic heterocycles. The summed E-state index contributed by atoms with van der Waals surface area (Å²) in [5, 5.41) is 17.7. The molecule has 1 unspecified atom stereocenters. The highest BCUT2D eigenvalue weighted by atomic mass is 16.3. The lowest BCUT2D eigenvalue weighted by molar-refractivity contribution is 0.273. The molecule has 13 heavy (non-hydrogen) atoms. The SMILES string of the molecule is Cc1ccc(C(C)CO)cc1C#N. The van der Waals surface area contributed by atoms with Crippen LogP contribution in [0.2, 0.25) is 0 Å². The Morgan fingerprint density at radius 2 is 2.23 bits per heavy atom. The zero-order chi connectivity index (χ0) is 9.84. The quantitative estimate of drug-likeness (QED) is 0.746. The highest BCUT2D eigenvalue weighted by Gasteiger charge is 2.05. The first kappa shape index (κ1) is 9.76. The van der Waals surface area contributed by atoms with Crippen LogP contribution in [0, 0.1) is 18.3 Å². The Morgan fingerprint density at radius 3 is 2.77 bits per heavy atom. The van der Waals surface area contributed by atoms with Crippen molar-refractivity contribution in [2.24, 2.45) is 0 Å². The molecule has 0 spiro atoms. The van der Waals surface area contributed by atoms with E-state index in [1.165, 1.54) is 0 Å². The predicted octanol–water partition coefficient (Wildman–Crippen LogP) is 1.96. The number of hydrogen-bond acceptors (Lipinski definition) is 2. The molecule has 1 rings (SSSR count). The summed E-state index contributed by atoms with van der Waals surface area (Å²) in [7, 11) is 0. The van der Waals surface area contributed by atoms with Gasteiger partial charge in [-0.15, -0.1) is 0 Å². The molecule has 0 saturated carbocycles.